The summed E-state index contributed by atoms with van der Waals surface area (Å²) < 4.78 is 11.8. The lowest BCUT2D eigenvalue weighted by Gasteiger charge is -2.51. The molecule has 3 aliphatic heterocycles. The molecule has 0 radical (unpaired) electrons. The molecule has 3 aromatic rings. The van der Waals surface area contributed by atoms with E-state index in [4.69, 9.17) is 9.47 Å². The fourth-order valence-corrected chi connectivity index (χ4v) is 5.90. The second kappa shape index (κ2) is 10.7. The first-order valence-corrected chi connectivity index (χ1v) is 12.8. The molecule has 4 heterocycles. The Morgan fingerprint density at radius 3 is 2.70 bits per heavy atom. The third-order valence-corrected chi connectivity index (χ3v) is 7.70. The Balaban J connectivity index is 1.52. The molecular formula is C30H33N3O4. The van der Waals surface area contributed by atoms with Gasteiger partial charge in [0.2, 0.25) is 5.91 Å². The number of rotatable bonds is 8. The minimum absolute atomic E-state index is 0.00115. The number of fused-ring (bicyclic) bond motifs is 4. The number of para-hydroxylation sites is 1. The van der Waals surface area contributed by atoms with Crippen molar-refractivity contribution in [2.75, 3.05) is 25.1 Å². The van der Waals surface area contributed by atoms with Gasteiger partial charge in [0, 0.05) is 35.8 Å². The highest BCUT2D eigenvalue weighted by molar-refractivity contribution is 5.96. The zero-order chi connectivity index (χ0) is 25.9. The summed E-state index contributed by atoms with van der Waals surface area (Å²) in [7, 11) is 1.63. The number of carbonyl (C=O) groups is 2. The van der Waals surface area contributed by atoms with E-state index in [1.807, 2.05) is 60.7 Å². The van der Waals surface area contributed by atoms with E-state index in [2.05, 4.69) is 16.5 Å². The predicted octanol–water partition coefficient (Wildman–Crippen LogP) is 4.92. The average molecular weight is 500 g/mol. The van der Waals surface area contributed by atoms with Crippen LogP contribution in [0.3, 0.4) is 0 Å². The summed E-state index contributed by atoms with van der Waals surface area (Å²) in [6.45, 7) is 6.31. The molecule has 37 heavy (non-hydrogen) atoms. The largest absolute Gasteiger partial charge is 0.497 e. The van der Waals surface area contributed by atoms with Gasteiger partial charge in [0.1, 0.15) is 18.4 Å². The molecule has 3 aliphatic rings. The molecule has 1 unspecified atom stereocenters. The molecule has 0 N–H and O–H groups in total. The lowest BCUT2D eigenvalue weighted by molar-refractivity contribution is -0.156. The molecule has 2 aromatic carbocycles. The molecule has 1 amide bonds. The highest BCUT2D eigenvalue weighted by Gasteiger charge is 2.44. The number of methoxy groups -OCH3 is 1. The molecule has 0 aliphatic carbocycles. The van der Waals surface area contributed by atoms with Gasteiger partial charge in [-0.25, -0.2) is 0 Å². The number of aromatic nitrogens is 1. The first-order chi connectivity index (χ1) is 18.0. The molecule has 3 saturated heterocycles. The third-order valence-electron chi connectivity index (χ3n) is 7.70. The highest BCUT2D eigenvalue weighted by Crippen LogP contribution is 2.44. The van der Waals surface area contributed by atoms with Crippen LogP contribution in [0, 0.1) is 5.92 Å². The van der Waals surface area contributed by atoms with Gasteiger partial charge in [-0.2, -0.15) is 0 Å². The number of carbonyl (C=O) groups excluding carboxylic acids is 2. The number of anilines is 1. The third kappa shape index (κ3) is 5.09. The van der Waals surface area contributed by atoms with Crippen molar-refractivity contribution in [3.63, 3.8) is 0 Å². The summed E-state index contributed by atoms with van der Waals surface area (Å²) >= 11 is 0. The van der Waals surface area contributed by atoms with Gasteiger partial charge in [-0.1, -0.05) is 24.3 Å². The molecule has 2 bridgehead atoms. The van der Waals surface area contributed by atoms with Crippen molar-refractivity contribution in [3.05, 3.63) is 79.0 Å². The van der Waals surface area contributed by atoms with Crippen LogP contribution in [0.15, 0.2) is 73.4 Å². The van der Waals surface area contributed by atoms with Crippen LogP contribution in [0.5, 0.6) is 5.75 Å². The van der Waals surface area contributed by atoms with Crippen molar-refractivity contribution in [1.82, 2.24) is 9.88 Å². The van der Waals surface area contributed by atoms with E-state index in [1.54, 1.807) is 13.3 Å². The van der Waals surface area contributed by atoms with E-state index < -0.39 is 12.1 Å². The topological polar surface area (TPSA) is 72.0 Å². The molecular weight excluding hydrogens is 466 g/mol. The van der Waals surface area contributed by atoms with Gasteiger partial charge in [-0.15, -0.1) is 6.58 Å². The molecule has 7 heteroatoms. The van der Waals surface area contributed by atoms with Crippen molar-refractivity contribution in [2.24, 2.45) is 5.92 Å². The summed E-state index contributed by atoms with van der Waals surface area (Å²) in [5.41, 5.74) is 2.37. The normalized spacial score (nSPS) is 23.3. The van der Waals surface area contributed by atoms with Crippen molar-refractivity contribution in [2.45, 2.75) is 44.4 Å². The number of hydrogen-bond acceptors (Lipinski definition) is 6. The van der Waals surface area contributed by atoms with E-state index in [0.717, 1.165) is 42.3 Å². The number of pyridine rings is 1. The summed E-state index contributed by atoms with van der Waals surface area (Å²) in [4.78, 5) is 34.3. The predicted molar refractivity (Wildman–Crippen MR) is 143 cm³/mol. The molecule has 7 nitrogen and oxygen atoms in total. The summed E-state index contributed by atoms with van der Waals surface area (Å²) in [5.74, 6) is 0.605. The van der Waals surface area contributed by atoms with E-state index in [-0.39, 0.29) is 24.5 Å². The van der Waals surface area contributed by atoms with Gasteiger partial charge < -0.3 is 14.4 Å². The quantitative estimate of drug-likeness (QED) is 0.324. The first-order valence-electron chi connectivity index (χ1n) is 12.8. The fraction of sp³-hybridized carbons (Fsp3) is 0.367. The zero-order valence-electron chi connectivity index (χ0n) is 21.4. The summed E-state index contributed by atoms with van der Waals surface area (Å²) in [5, 5.41) is 0.893. The lowest BCUT2D eigenvalue weighted by Crippen LogP contribution is -2.56. The number of nitrogens with zero attached hydrogens (tertiary/aromatic N) is 3. The molecule has 0 saturated carbocycles. The molecule has 3 fully saturated rings. The van der Waals surface area contributed by atoms with E-state index in [1.165, 1.54) is 11.8 Å². The highest BCUT2D eigenvalue weighted by atomic mass is 16.5. The van der Waals surface area contributed by atoms with Crippen LogP contribution in [-0.4, -0.2) is 54.0 Å². The fourth-order valence-electron chi connectivity index (χ4n) is 5.90. The molecule has 6 rings (SSSR count). The second-order valence-corrected chi connectivity index (χ2v) is 9.87. The Morgan fingerprint density at radius 2 is 2.00 bits per heavy atom. The van der Waals surface area contributed by atoms with Crippen LogP contribution in [-0.2, 0) is 14.3 Å². The molecule has 192 valence electrons. The number of esters is 1. The van der Waals surface area contributed by atoms with Gasteiger partial charge in [0.05, 0.1) is 18.7 Å². The van der Waals surface area contributed by atoms with Gasteiger partial charge in [-0.05, 0) is 68.1 Å². The average Bonchev–Trinajstić information content (AvgIpc) is 2.94. The molecule has 0 spiro atoms. The second-order valence-electron chi connectivity index (χ2n) is 9.87. The summed E-state index contributed by atoms with van der Waals surface area (Å²) in [6, 6.07) is 17.1. The number of amides is 1. The van der Waals surface area contributed by atoms with Crippen LogP contribution in [0.1, 0.15) is 37.9 Å². The van der Waals surface area contributed by atoms with E-state index in [0.29, 0.717) is 17.4 Å². The number of hydrogen-bond donors (Lipinski definition) is 0. The standard InChI is InChI=1S/C30H33N3O4/c1-4-22-16-21-13-15-32(22)28(17-21)30(25-12-14-31-27-11-10-24(36-3)18-26(25)27)37-29(35)19-33(20(2)34)23-8-6-5-7-9-23/h4-12,14,18,21-22,28,30H,1,13,15-17,19H2,2-3H3/t21-,22-,28-,30-/m1/s1. The van der Waals surface area contributed by atoms with E-state index in [9.17, 15) is 9.59 Å². The van der Waals surface area contributed by atoms with Crippen molar-refractivity contribution in [1.29, 1.82) is 0 Å². The first kappa shape index (κ1) is 25.0. The Hall–Kier alpha value is -3.71. The monoisotopic (exact) mass is 499 g/mol. The SMILES string of the molecule is C=C[C@@H]1C[C@H]2CCN1[C@@H]([C@H](OC(=O)CN(C(C)=O)c1ccccc1)c1ccnc3ccc(OC)cc13)C2. The maximum Gasteiger partial charge on any atom is 0.326 e. The zero-order valence-corrected chi connectivity index (χ0v) is 21.4. The Bertz CT molecular complexity index is 1290. The van der Waals surface area contributed by atoms with Crippen LogP contribution < -0.4 is 9.64 Å². The van der Waals surface area contributed by atoms with Crippen LogP contribution in [0.25, 0.3) is 10.9 Å². The van der Waals surface area contributed by atoms with Crippen molar-refractivity contribution < 1.29 is 19.1 Å². The number of benzene rings is 2. The van der Waals surface area contributed by atoms with Gasteiger partial charge in [-0.3, -0.25) is 19.5 Å². The van der Waals surface area contributed by atoms with Gasteiger partial charge in [0.15, 0.2) is 0 Å². The minimum Gasteiger partial charge on any atom is -0.497 e. The number of piperidine rings is 3. The van der Waals surface area contributed by atoms with Crippen molar-refractivity contribution >= 4 is 28.5 Å². The molecule has 1 aromatic heterocycles. The van der Waals surface area contributed by atoms with Crippen LogP contribution in [0.4, 0.5) is 5.69 Å². The van der Waals surface area contributed by atoms with E-state index >= 15 is 0 Å². The molecule has 5 atom stereocenters. The minimum atomic E-state index is -0.528. The van der Waals surface area contributed by atoms with Crippen LogP contribution >= 0.6 is 0 Å². The van der Waals surface area contributed by atoms with Gasteiger partial charge >= 0.3 is 5.97 Å². The Labute approximate surface area is 217 Å². The Kier molecular flexibility index (Phi) is 7.24. The number of ether oxygens (including phenoxy) is 2. The van der Waals surface area contributed by atoms with Crippen molar-refractivity contribution in [3.8, 4) is 5.75 Å². The van der Waals surface area contributed by atoms with Crippen LogP contribution in [0.2, 0.25) is 0 Å². The Morgan fingerprint density at radius 1 is 1.19 bits per heavy atom. The van der Waals surface area contributed by atoms with Gasteiger partial charge in [0.25, 0.3) is 0 Å². The maximum atomic E-state index is 13.5. The maximum absolute atomic E-state index is 13.5. The lowest BCUT2D eigenvalue weighted by atomic mass is 9.76. The summed E-state index contributed by atoms with van der Waals surface area (Å²) in [6.07, 6.45) is 6.40. The smallest absolute Gasteiger partial charge is 0.326 e.